The second kappa shape index (κ2) is 5.69. The van der Waals surface area contributed by atoms with E-state index >= 15 is 0 Å². The van der Waals surface area contributed by atoms with Gasteiger partial charge in [-0.05, 0) is 30.5 Å². The molecule has 0 saturated carbocycles. The number of hydrogen-bond acceptors (Lipinski definition) is 4. The van der Waals surface area contributed by atoms with E-state index in [9.17, 15) is 8.42 Å². The molecule has 0 amide bonds. The Morgan fingerprint density at radius 2 is 2.22 bits per heavy atom. The second-order valence-corrected chi connectivity index (χ2v) is 6.26. The van der Waals surface area contributed by atoms with Gasteiger partial charge in [0.2, 0.25) is 10.0 Å². The van der Waals surface area contributed by atoms with Gasteiger partial charge in [-0.25, -0.2) is 13.6 Å². The number of fused-ring (bicyclic) bond motifs is 1. The maximum Gasteiger partial charge on any atom is 0.209 e. The van der Waals surface area contributed by atoms with Crippen LogP contribution in [0.4, 0.5) is 5.69 Å². The first kappa shape index (κ1) is 13.3. The predicted molar refractivity (Wildman–Crippen MR) is 72.9 cm³/mol. The minimum absolute atomic E-state index is 0.0329. The van der Waals surface area contributed by atoms with Crippen LogP contribution < -0.4 is 15.8 Å². The van der Waals surface area contributed by atoms with Gasteiger partial charge in [0.15, 0.2) is 0 Å². The van der Waals surface area contributed by atoms with Crippen LogP contribution in [0.1, 0.15) is 17.5 Å². The van der Waals surface area contributed by atoms with Crippen LogP contribution in [0.15, 0.2) is 18.2 Å². The standard InChI is InChI=1S/C12H19N3O2S/c13-18(16,17)8-2-6-14-9-11-4-1-3-10-5-7-15-12(10)11/h1,3-4,14-15H,2,5-9H2,(H2,13,16,17). The highest BCUT2D eigenvalue weighted by atomic mass is 32.2. The van der Waals surface area contributed by atoms with Crippen LogP contribution in [0.25, 0.3) is 0 Å². The highest BCUT2D eigenvalue weighted by Gasteiger charge is 2.12. The van der Waals surface area contributed by atoms with Crippen molar-refractivity contribution < 1.29 is 8.42 Å². The molecule has 0 unspecified atom stereocenters. The summed E-state index contributed by atoms with van der Waals surface area (Å²) in [5.74, 6) is 0.0329. The number of nitrogens with two attached hydrogens (primary N) is 1. The van der Waals surface area contributed by atoms with Crippen molar-refractivity contribution >= 4 is 15.7 Å². The van der Waals surface area contributed by atoms with Crippen molar-refractivity contribution in [2.75, 3.05) is 24.2 Å². The van der Waals surface area contributed by atoms with Gasteiger partial charge in [0.25, 0.3) is 0 Å². The molecule has 0 aromatic heterocycles. The zero-order valence-electron chi connectivity index (χ0n) is 10.3. The Hall–Kier alpha value is -1.11. The largest absolute Gasteiger partial charge is 0.384 e. The molecule has 1 aliphatic heterocycles. The second-order valence-electron chi connectivity index (χ2n) is 4.53. The highest BCUT2D eigenvalue weighted by molar-refractivity contribution is 7.89. The Labute approximate surface area is 108 Å². The molecule has 1 aliphatic rings. The number of benzene rings is 1. The Morgan fingerprint density at radius 1 is 1.39 bits per heavy atom. The van der Waals surface area contributed by atoms with Crippen LogP contribution >= 0.6 is 0 Å². The summed E-state index contributed by atoms with van der Waals surface area (Å²) in [6.07, 6.45) is 1.62. The van der Waals surface area contributed by atoms with Gasteiger partial charge in [-0.1, -0.05) is 18.2 Å². The smallest absolute Gasteiger partial charge is 0.209 e. The van der Waals surface area contributed by atoms with Gasteiger partial charge in [0.05, 0.1) is 5.75 Å². The van der Waals surface area contributed by atoms with Gasteiger partial charge < -0.3 is 10.6 Å². The number of para-hydroxylation sites is 1. The summed E-state index contributed by atoms with van der Waals surface area (Å²) in [4.78, 5) is 0. The average molecular weight is 269 g/mol. The summed E-state index contributed by atoms with van der Waals surface area (Å²) in [5.41, 5.74) is 3.83. The third-order valence-electron chi connectivity index (χ3n) is 3.03. The van der Waals surface area contributed by atoms with E-state index < -0.39 is 10.0 Å². The van der Waals surface area contributed by atoms with Crippen molar-refractivity contribution in [2.24, 2.45) is 5.14 Å². The third-order valence-corrected chi connectivity index (χ3v) is 3.89. The zero-order chi connectivity index (χ0) is 13.0. The summed E-state index contributed by atoms with van der Waals surface area (Å²) in [7, 11) is -3.33. The molecule has 1 aromatic rings. The van der Waals surface area contributed by atoms with E-state index in [1.807, 2.05) is 0 Å². The first-order chi connectivity index (χ1) is 8.56. The van der Waals surface area contributed by atoms with E-state index in [-0.39, 0.29) is 5.75 Å². The fourth-order valence-electron chi connectivity index (χ4n) is 2.18. The van der Waals surface area contributed by atoms with Crippen molar-refractivity contribution in [2.45, 2.75) is 19.4 Å². The molecule has 1 aromatic carbocycles. The van der Waals surface area contributed by atoms with Gasteiger partial charge in [0, 0.05) is 18.8 Å². The van der Waals surface area contributed by atoms with E-state index in [1.165, 1.54) is 16.8 Å². The fraction of sp³-hybridized carbons (Fsp3) is 0.500. The van der Waals surface area contributed by atoms with Gasteiger partial charge in [-0.15, -0.1) is 0 Å². The van der Waals surface area contributed by atoms with Crippen LogP contribution in [-0.4, -0.2) is 27.3 Å². The molecule has 0 spiro atoms. The molecular formula is C12H19N3O2S. The number of nitrogens with one attached hydrogen (secondary N) is 2. The molecule has 0 saturated heterocycles. The predicted octanol–water partition coefficient (Wildman–Crippen LogP) is 0.423. The van der Waals surface area contributed by atoms with E-state index in [0.717, 1.165) is 19.5 Å². The van der Waals surface area contributed by atoms with Gasteiger partial charge in [-0.2, -0.15) is 0 Å². The molecule has 0 fully saturated rings. The molecule has 18 heavy (non-hydrogen) atoms. The van der Waals surface area contributed by atoms with Crippen LogP contribution in [0.2, 0.25) is 0 Å². The molecule has 4 N–H and O–H groups in total. The maximum atomic E-state index is 10.8. The lowest BCUT2D eigenvalue weighted by atomic mass is 10.1. The zero-order valence-corrected chi connectivity index (χ0v) is 11.1. The number of rotatable bonds is 6. The van der Waals surface area contributed by atoms with Crippen molar-refractivity contribution in [1.82, 2.24) is 5.32 Å². The van der Waals surface area contributed by atoms with Gasteiger partial charge in [0.1, 0.15) is 0 Å². The van der Waals surface area contributed by atoms with Crippen LogP contribution in [0.5, 0.6) is 0 Å². The molecule has 0 atom stereocenters. The lowest BCUT2D eigenvalue weighted by Gasteiger charge is -2.09. The van der Waals surface area contributed by atoms with Crippen LogP contribution in [-0.2, 0) is 23.0 Å². The molecule has 100 valence electrons. The number of sulfonamides is 1. The molecule has 1 heterocycles. The van der Waals surface area contributed by atoms with E-state index in [1.54, 1.807) is 0 Å². The van der Waals surface area contributed by atoms with E-state index in [0.29, 0.717) is 13.0 Å². The van der Waals surface area contributed by atoms with Crippen LogP contribution in [0, 0.1) is 0 Å². The van der Waals surface area contributed by atoms with Crippen molar-refractivity contribution in [3.05, 3.63) is 29.3 Å². The molecule has 2 rings (SSSR count). The van der Waals surface area contributed by atoms with E-state index in [4.69, 9.17) is 5.14 Å². The lowest BCUT2D eigenvalue weighted by molar-refractivity contribution is 0.590. The SMILES string of the molecule is NS(=O)(=O)CCCNCc1cccc2c1NCC2. The summed E-state index contributed by atoms with van der Waals surface area (Å²) in [6.45, 7) is 2.40. The first-order valence-electron chi connectivity index (χ1n) is 6.12. The summed E-state index contributed by atoms with van der Waals surface area (Å²) in [6, 6.07) is 6.29. The molecule has 0 aliphatic carbocycles. The average Bonchev–Trinajstić information content (AvgIpc) is 2.75. The Bertz CT molecular complexity index is 514. The Morgan fingerprint density at radius 3 is 3.00 bits per heavy atom. The van der Waals surface area contributed by atoms with Crippen LogP contribution in [0.3, 0.4) is 0 Å². The number of primary sulfonamides is 1. The monoisotopic (exact) mass is 269 g/mol. The number of hydrogen-bond donors (Lipinski definition) is 3. The lowest BCUT2D eigenvalue weighted by Crippen LogP contribution is -2.22. The highest BCUT2D eigenvalue weighted by Crippen LogP contribution is 2.25. The fourth-order valence-corrected chi connectivity index (χ4v) is 2.73. The molecule has 6 heteroatoms. The Kier molecular flexibility index (Phi) is 4.21. The molecule has 5 nitrogen and oxygen atoms in total. The van der Waals surface area contributed by atoms with Crippen molar-refractivity contribution in [3.8, 4) is 0 Å². The first-order valence-corrected chi connectivity index (χ1v) is 7.83. The Balaban J connectivity index is 1.79. The third kappa shape index (κ3) is 3.69. The molecule has 0 bridgehead atoms. The minimum atomic E-state index is -3.33. The molecular weight excluding hydrogens is 250 g/mol. The minimum Gasteiger partial charge on any atom is -0.384 e. The van der Waals surface area contributed by atoms with Gasteiger partial charge in [-0.3, -0.25) is 0 Å². The van der Waals surface area contributed by atoms with Crippen molar-refractivity contribution in [3.63, 3.8) is 0 Å². The maximum absolute atomic E-state index is 10.8. The summed E-state index contributed by atoms with van der Waals surface area (Å²) >= 11 is 0. The normalized spacial score (nSPS) is 14.3. The van der Waals surface area contributed by atoms with Crippen molar-refractivity contribution in [1.29, 1.82) is 0 Å². The molecule has 0 radical (unpaired) electrons. The van der Waals surface area contributed by atoms with E-state index in [2.05, 4.69) is 28.8 Å². The summed E-state index contributed by atoms with van der Waals surface area (Å²) in [5, 5.41) is 11.6. The topological polar surface area (TPSA) is 84.2 Å². The van der Waals surface area contributed by atoms with Gasteiger partial charge >= 0.3 is 0 Å². The number of anilines is 1. The summed E-state index contributed by atoms with van der Waals surface area (Å²) < 4.78 is 21.5. The quantitative estimate of drug-likeness (QED) is 0.654.